The summed E-state index contributed by atoms with van der Waals surface area (Å²) in [6.45, 7) is 8.69. The van der Waals surface area contributed by atoms with Gasteiger partial charge < -0.3 is 29.2 Å². The molecular weight excluding hydrogens is 484 g/mol. The predicted octanol–water partition coefficient (Wildman–Crippen LogP) is 0.601. The van der Waals surface area contributed by atoms with E-state index in [2.05, 4.69) is 6.58 Å². The molecule has 1 spiro atoms. The van der Waals surface area contributed by atoms with Crippen LogP contribution in [0.5, 0.6) is 0 Å². The highest BCUT2D eigenvalue weighted by atomic mass is 35.5. The summed E-state index contributed by atoms with van der Waals surface area (Å²) in [4.78, 5) is 50.9. The van der Waals surface area contributed by atoms with Gasteiger partial charge in [0.2, 0.25) is 0 Å². The van der Waals surface area contributed by atoms with Crippen molar-refractivity contribution in [3.8, 4) is 0 Å². The highest BCUT2D eigenvalue weighted by Crippen LogP contribution is 2.61. The third-order valence-electron chi connectivity index (χ3n) is 7.98. The molecule has 0 amide bonds. The van der Waals surface area contributed by atoms with Crippen LogP contribution < -0.4 is 0 Å². The molecule has 3 saturated heterocycles. The fourth-order valence-electron chi connectivity index (χ4n) is 6.39. The van der Waals surface area contributed by atoms with E-state index in [1.807, 2.05) is 0 Å². The molecule has 3 heterocycles. The van der Waals surface area contributed by atoms with Crippen LogP contribution in [0.3, 0.4) is 0 Å². The highest BCUT2D eigenvalue weighted by Gasteiger charge is 2.77. The van der Waals surface area contributed by atoms with Crippen LogP contribution in [0.15, 0.2) is 24.3 Å². The zero-order valence-electron chi connectivity index (χ0n) is 19.9. The van der Waals surface area contributed by atoms with Gasteiger partial charge in [0.25, 0.3) is 0 Å². The zero-order chi connectivity index (χ0) is 26.1. The lowest BCUT2D eigenvalue weighted by atomic mass is 9.52. The summed E-state index contributed by atoms with van der Waals surface area (Å²) in [5.41, 5.74) is -4.52. The number of aliphatic hydroxyl groups is 2. The number of carbonyl (C=O) groups excluding carboxylic acids is 4. The number of halogens is 1. The van der Waals surface area contributed by atoms with E-state index in [9.17, 15) is 29.4 Å². The standard InChI is InChI=1S/C24H29ClO10/c1-10-8-13(28)18-22(4)7-6-14(29)23(5,34-12(3)27)17(22)20(32-15(30)9-26)24(35-18)11(2)21(31)33-19(24)16(10)25/h6-7,11,13,16-20,26,28H,1,8-9H2,2-5H3/t11-,13+,16-,17+,18+,19-,20+,22-,23+,24-/m0/s1. The molecule has 11 heteroatoms. The molecule has 10 nitrogen and oxygen atoms in total. The molecule has 3 fully saturated rings. The topological polar surface area (TPSA) is 146 Å². The molecule has 35 heavy (non-hydrogen) atoms. The first-order valence-corrected chi connectivity index (χ1v) is 11.8. The van der Waals surface area contributed by atoms with E-state index in [4.69, 9.17) is 30.5 Å². The molecule has 3 aliphatic heterocycles. The maximum atomic E-state index is 13.3. The van der Waals surface area contributed by atoms with E-state index in [1.54, 1.807) is 6.92 Å². The van der Waals surface area contributed by atoms with E-state index in [0.717, 1.165) is 6.92 Å². The number of aliphatic hydroxyl groups excluding tert-OH is 2. The first-order chi connectivity index (χ1) is 16.2. The SMILES string of the molecule is C=C1C[C@@H](O)[C@H]2O[C@@]3([C@H](OC(=O)CO)[C@@H]4[C@]2(C)C=CC(=O)[C@@]4(C)OC(C)=O)[C@@H](C)C(=O)O[C@H]3[C@H]1Cl. The summed E-state index contributed by atoms with van der Waals surface area (Å²) in [6, 6.07) is 0. The van der Waals surface area contributed by atoms with E-state index in [0.29, 0.717) is 5.57 Å². The Morgan fingerprint density at radius 3 is 2.54 bits per heavy atom. The van der Waals surface area contributed by atoms with Crippen molar-refractivity contribution < 1.29 is 48.3 Å². The summed E-state index contributed by atoms with van der Waals surface area (Å²) in [7, 11) is 0. The Balaban J connectivity index is 2.06. The van der Waals surface area contributed by atoms with Crippen LogP contribution in [0.4, 0.5) is 0 Å². The molecular formula is C24H29ClO10. The number of ether oxygens (including phenoxy) is 4. The van der Waals surface area contributed by atoms with Crippen LogP contribution >= 0.6 is 11.6 Å². The first kappa shape index (κ1) is 25.8. The molecule has 0 aromatic heterocycles. The zero-order valence-corrected chi connectivity index (χ0v) is 20.6. The molecule has 2 N–H and O–H groups in total. The molecule has 4 aliphatic rings. The Kier molecular flexibility index (Phi) is 6.19. The van der Waals surface area contributed by atoms with E-state index < -0.39 is 88.5 Å². The van der Waals surface area contributed by atoms with Crippen LogP contribution in [0, 0.1) is 17.3 Å². The van der Waals surface area contributed by atoms with Gasteiger partial charge in [-0.1, -0.05) is 25.2 Å². The summed E-state index contributed by atoms with van der Waals surface area (Å²) < 4.78 is 23.5. The van der Waals surface area contributed by atoms with Gasteiger partial charge in [-0.2, -0.15) is 0 Å². The monoisotopic (exact) mass is 512 g/mol. The molecule has 192 valence electrons. The predicted molar refractivity (Wildman–Crippen MR) is 119 cm³/mol. The Labute approximate surface area is 207 Å². The Morgan fingerprint density at radius 1 is 1.29 bits per heavy atom. The quantitative estimate of drug-likeness (QED) is 0.238. The molecule has 0 saturated carbocycles. The van der Waals surface area contributed by atoms with Gasteiger partial charge in [0, 0.05) is 12.3 Å². The first-order valence-electron chi connectivity index (χ1n) is 11.4. The van der Waals surface area contributed by atoms with Crippen molar-refractivity contribution in [2.45, 2.75) is 75.1 Å². The van der Waals surface area contributed by atoms with Crippen LogP contribution in [0.1, 0.15) is 34.1 Å². The summed E-state index contributed by atoms with van der Waals surface area (Å²) in [5, 5.41) is 19.8. The van der Waals surface area contributed by atoms with Gasteiger partial charge in [0.1, 0.15) is 12.7 Å². The smallest absolute Gasteiger partial charge is 0.332 e. The van der Waals surface area contributed by atoms with Crippen molar-refractivity contribution in [2.24, 2.45) is 17.3 Å². The second-order valence-corrected chi connectivity index (χ2v) is 10.6. The summed E-state index contributed by atoms with van der Waals surface area (Å²) in [5.74, 6) is -5.30. The number of alkyl halides is 1. The van der Waals surface area contributed by atoms with Gasteiger partial charge >= 0.3 is 17.9 Å². The van der Waals surface area contributed by atoms with E-state index >= 15 is 0 Å². The average Bonchev–Trinajstić information content (AvgIpc) is 3.02. The van der Waals surface area contributed by atoms with Crippen molar-refractivity contribution in [2.75, 3.05) is 6.61 Å². The Hall–Kier alpha value is -2.27. The van der Waals surface area contributed by atoms with Gasteiger partial charge in [0.05, 0.1) is 29.4 Å². The van der Waals surface area contributed by atoms with Gasteiger partial charge in [-0.15, -0.1) is 11.6 Å². The largest absolute Gasteiger partial charge is 0.457 e. The van der Waals surface area contributed by atoms with Crippen molar-refractivity contribution in [1.29, 1.82) is 0 Å². The molecule has 0 unspecified atom stereocenters. The van der Waals surface area contributed by atoms with Crippen molar-refractivity contribution in [1.82, 2.24) is 0 Å². The minimum atomic E-state index is -1.88. The molecule has 0 radical (unpaired) electrons. The number of carbonyl (C=O) groups is 4. The molecule has 0 aromatic rings. The number of fused-ring (bicyclic) bond motifs is 3. The number of hydrogen-bond acceptors (Lipinski definition) is 10. The molecule has 10 atom stereocenters. The second-order valence-electron chi connectivity index (χ2n) is 10.1. The minimum absolute atomic E-state index is 0.00676. The van der Waals surface area contributed by atoms with Crippen molar-refractivity contribution >= 4 is 35.3 Å². The second kappa shape index (κ2) is 8.40. The average molecular weight is 513 g/mol. The van der Waals surface area contributed by atoms with Crippen LogP contribution in [0.2, 0.25) is 0 Å². The molecule has 0 aromatic carbocycles. The summed E-state index contributed by atoms with van der Waals surface area (Å²) >= 11 is 6.69. The third-order valence-corrected chi connectivity index (χ3v) is 8.51. The van der Waals surface area contributed by atoms with Crippen molar-refractivity contribution in [3.05, 3.63) is 24.3 Å². The van der Waals surface area contributed by atoms with Crippen LogP contribution in [0.25, 0.3) is 0 Å². The maximum absolute atomic E-state index is 13.3. The van der Waals surface area contributed by atoms with E-state index in [1.165, 1.54) is 26.0 Å². The minimum Gasteiger partial charge on any atom is -0.457 e. The number of rotatable bonds is 3. The van der Waals surface area contributed by atoms with E-state index in [-0.39, 0.29) is 6.42 Å². The normalized spacial score (nSPS) is 46.6. The fourth-order valence-corrected chi connectivity index (χ4v) is 6.73. The van der Waals surface area contributed by atoms with Gasteiger partial charge in [-0.05, 0) is 26.3 Å². The number of hydrogen-bond donors (Lipinski definition) is 2. The lowest BCUT2D eigenvalue weighted by Gasteiger charge is -2.63. The van der Waals surface area contributed by atoms with Crippen molar-refractivity contribution in [3.63, 3.8) is 0 Å². The lowest BCUT2D eigenvalue weighted by Crippen LogP contribution is -2.77. The molecule has 1 aliphatic carbocycles. The van der Waals surface area contributed by atoms with Crippen LogP contribution in [-0.2, 0) is 38.1 Å². The molecule has 2 bridgehead atoms. The van der Waals surface area contributed by atoms with Gasteiger partial charge in [-0.25, -0.2) is 4.79 Å². The molecule has 4 rings (SSSR count). The number of esters is 3. The highest BCUT2D eigenvalue weighted by molar-refractivity contribution is 6.23. The van der Waals surface area contributed by atoms with Gasteiger partial charge in [0.15, 0.2) is 23.1 Å². The lowest BCUT2D eigenvalue weighted by molar-refractivity contribution is -0.319. The fraction of sp³-hybridized carbons (Fsp3) is 0.667. The Bertz CT molecular complexity index is 1020. The number of ketones is 1. The van der Waals surface area contributed by atoms with Crippen LogP contribution in [-0.4, -0.2) is 81.5 Å². The van der Waals surface area contributed by atoms with Gasteiger partial charge in [-0.3, -0.25) is 14.4 Å². The maximum Gasteiger partial charge on any atom is 0.332 e. The third kappa shape index (κ3) is 3.48. The Morgan fingerprint density at radius 2 is 1.94 bits per heavy atom. The summed E-state index contributed by atoms with van der Waals surface area (Å²) in [6.07, 6.45) is -2.13.